The molecular formula is C13H15ClN2O. The highest BCUT2D eigenvalue weighted by Gasteiger charge is 2.05. The lowest BCUT2D eigenvalue weighted by molar-refractivity contribution is 0.295. The first-order valence-corrected chi connectivity index (χ1v) is 6.27. The fraction of sp³-hybridized carbons (Fsp3) is 0.385. The molecule has 2 rings (SSSR count). The number of benzene rings is 1. The summed E-state index contributed by atoms with van der Waals surface area (Å²) in [6.45, 7) is 2.55. The van der Waals surface area contributed by atoms with Crippen molar-refractivity contribution < 1.29 is 4.74 Å². The number of alkyl halides is 1. The van der Waals surface area contributed by atoms with Gasteiger partial charge in [-0.15, -0.1) is 11.6 Å². The van der Waals surface area contributed by atoms with Crippen molar-refractivity contribution in [3.63, 3.8) is 0 Å². The van der Waals surface area contributed by atoms with Gasteiger partial charge in [0.2, 0.25) is 5.88 Å². The molecule has 0 amide bonds. The van der Waals surface area contributed by atoms with E-state index < -0.39 is 0 Å². The molecule has 3 nitrogen and oxygen atoms in total. The molecule has 0 aliphatic heterocycles. The summed E-state index contributed by atoms with van der Waals surface area (Å²) in [7, 11) is 0. The molecule has 0 spiro atoms. The largest absolute Gasteiger partial charge is 0.476 e. The summed E-state index contributed by atoms with van der Waals surface area (Å²) in [5, 5.41) is 0. The molecule has 4 heteroatoms. The molecule has 0 atom stereocenters. The van der Waals surface area contributed by atoms with Gasteiger partial charge in [-0.2, -0.15) is 0 Å². The lowest BCUT2D eigenvalue weighted by Gasteiger charge is -2.08. The van der Waals surface area contributed by atoms with E-state index in [0.717, 1.165) is 29.6 Å². The van der Waals surface area contributed by atoms with Crippen LogP contribution in [0.5, 0.6) is 5.88 Å². The van der Waals surface area contributed by atoms with Gasteiger partial charge in [0.25, 0.3) is 0 Å². The third-order valence-electron chi connectivity index (χ3n) is 2.47. The van der Waals surface area contributed by atoms with Crippen molar-refractivity contribution >= 4 is 22.6 Å². The van der Waals surface area contributed by atoms with E-state index in [1.807, 2.05) is 31.2 Å². The van der Waals surface area contributed by atoms with Gasteiger partial charge in [0.15, 0.2) is 0 Å². The van der Waals surface area contributed by atoms with Crippen LogP contribution in [0.4, 0.5) is 0 Å². The molecule has 0 unspecified atom stereocenters. The van der Waals surface area contributed by atoms with Gasteiger partial charge in [0, 0.05) is 5.88 Å². The number of ether oxygens (including phenoxy) is 1. The van der Waals surface area contributed by atoms with Crippen LogP contribution in [0.1, 0.15) is 18.5 Å². The zero-order chi connectivity index (χ0) is 12.1. The van der Waals surface area contributed by atoms with Crippen molar-refractivity contribution in [2.24, 2.45) is 0 Å². The summed E-state index contributed by atoms with van der Waals surface area (Å²) in [6.07, 6.45) is 1.90. The van der Waals surface area contributed by atoms with Gasteiger partial charge in [-0.3, -0.25) is 0 Å². The molecule has 0 radical (unpaired) electrons. The zero-order valence-corrected chi connectivity index (χ0v) is 10.6. The molecule has 0 aliphatic rings. The molecule has 2 aromatic rings. The normalized spacial score (nSPS) is 10.7. The lowest BCUT2D eigenvalue weighted by Crippen LogP contribution is -2.02. The Labute approximate surface area is 106 Å². The number of unbranched alkanes of at least 4 members (excludes halogenated alkanes) is 1. The maximum atomic E-state index is 5.61. The second-order valence-electron chi connectivity index (χ2n) is 3.85. The van der Waals surface area contributed by atoms with Crippen LogP contribution in [-0.4, -0.2) is 22.5 Å². The van der Waals surface area contributed by atoms with Crippen molar-refractivity contribution in [1.82, 2.24) is 9.97 Å². The minimum atomic E-state index is 0.623. The van der Waals surface area contributed by atoms with E-state index in [2.05, 4.69) is 9.97 Å². The predicted molar refractivity (Wildman–Crippen MR) is 69.7 cm³/mol. The summed E-state index contributed by atoms with van der Waals surface area (Å²) >= 11 is 5.61. The predicted octanol–water partition coefficient (Wildman–Crippen LogP) is 3.34. The Morgan fingerprint density at radius 1 is 1.12 bits per heavy atom. The first kappa shape index (κ1) is 12.1. The summed E-state index contributed by atoms with van der Waals surface area (Å²) < 4.78 is 5.61. The quantitative estimate of drug-likeness (QED) is 0.603. The van der Waals surface area contributed by atoms with Crippen LogP contribution in [0.2, 0.25) is 0 Å². The highest BCUT2D eigenvalue weighted by Crippen LogP contribution is 2.18. The molecule has 1 aromatic carbocycles. The Morgan fingerprint density at radius 2 is 1.82 bits per heavy atom. The fourth-order valence-electron chi connectivity index (χ4n) is 1.57. The van der Waals surface area contributed by atoms with Crippen LogP contribution >= 0.6 is 11.6 Å². The smallest absolute Gasteiger partial charge is 0.235 e. The van der Waals surface area contributed by atoms with Crippen LogP contribution in [0, 0.1) is 6.92 Å². The standard InChI is InChI=1S/C13H15ClN2O/c1-10-13(17-9-5-4-8-14)16-12-7-3-2-6-11(12)15-10/h2-3,6-7H,4-5,8-9H2,1H3. The molecule has 0 bridgehead atoms. The average molecular weight is 251 g/mol. The third kappa shape index (κ3) is 3.07. The number of fused-ring (bicyclic) bond motifs is 1. The van der Waals surface area contributed by atoms with Gasteiger partial charge in [0.1, 0.15) is 5.69 Å². The summed E-state index contributed by atoms with van der Waals surface area (Å²) in [4.78, 5) is 8.92. The van der Waals surface area contributed by atoms with E-state index >= 15 is 0 Å². The number of hydrogen-bond donors (Lipinski definition) is 0. The second kappa shape index (κ2) is 5.82. The molecule has 0 saturated heterocycles. The first-order valence-electron chi connectivity index (χ1n) is 5.73. The Morgan fingerprint density at radius 3 is 2.53 bits per heavy atom. The van der Waals surface area contributed by atoms with Crippen LogP contribution in [0.3, 0.4) is 0 Å². The van der Waals surface area contributed by atoms with Gasteiger partial charge in [-0.25, -0.2) is 9.97 Å². The Bertz CT molecular complexity index is 502. The zero-order valence-electron chi connectivity index (χ0n) is 9.82. The highest BCUT2D eigenvalue weighted by atomic mass is 35.5. The topological polar surface area (TPSA) is 35.0 Å². The maximum Gasteiger partial charge on any atom is 0.235 e. The molecular weight excluding hydrogens is 236 g/mol. The summed E-state index contributed by atoms with van der Waals surface area (Å²) in [5.41, 5.74) is 2.60. The van der Waals surface area contributed by atoms with E-state index in [4.69, 9.17) is 16.3 Å². The Balaban J connectivity index is 2.14. The molecule has 17 heavy (non-hydrogen) atoms. The SMILES string of the molecule is Cc1nc2ccccc2nc1OCCCCCl. The first-order chi connectivity index (χ1) is 8.31. The number of rotatable bonds is 5. The lowest BCUT2D eigenvalue weighted by atomic mass is 10.3. The molecule has 0 N–H and O–H groups in total. The van der Waals surface area contributed by atoms with Crippen molar-refractivity contribution in [3.8, 4) is 5.88 Å². The molecule has 0 saturated carbocycles. The number of hydrogen-bond acceptors (Lipinski definition) is 3. The number of aryl methyl sites for hydroxylation is 1. The van der Waals surface area contributed by atoms with Crippen molar-refractivity contribution in [1.29, 1.82) is 0 Å². The number of aromatic nitrogens is 2. The van der Waals surface area contributed by atoms with Crippen LogP contribution in [0.25, 0.3) is 11.0 Å². The monoisotopic (exact) mass is 250 g/mol. The van der Waals surface area contributed by atoms with Gasteiger partial charge >= 0.3 is 0 Å². The minimum absolute atomic E-state index is 0.623. The van der Waals surface area contributed by atoms with E-state index in [1.54, 1.807) is 0 Å². The molecule has 1 heterocycles. The summed E-state index contributed by atoms with van der Waals surface area (Å²) in [5.74, 6) is 1.30. The van der Waals surface area contributed by atoms with Crippen molar-refractivity contribution in [3.05, 3.63) is 30.0 Å². The number of para-hydroxylation sites is 2. The molecule has 0 fully saturated rings. The number of halogens is 1. The molecule has 90 valence electrons. The molecule has 0 aliphatic carbocycles. The maximum absolute atomic E-state index is 5.61. The van der Waals surface area contributed by atoms with Gasteiger partial charge in [-0.05, 0) is 31.9 Å². The molecule has 1 aromatic heterocycles. The third-order valence-corrected chi connectivity index (χ3v) is 2.74. The van der Waals surface area contributed by atoms with E-state index in [1.165, 1.54) is 0 Å². The van der Waals surface area contributed by atoms with Crippen LogP contribution in [-0.2, 0) is 0 Å². The minimum Gasteiger partial charge on any atom is -0.476 e. The summed E-state index contributed by atoms with van der Waals surface area (Å²) in [6, 6.07) is 7.79. The number of nitrogens with zero attached hydrogens (tertiary/aromatic N) is 2. The van der Waals surface area contributed by atoms with E-state index in [-0.39, 0.29) is 0 Å². The Kier molecular flexibility index (Phi) is 4.15. The highest BCUT2D eigenvalue weighted by molar-refractivity contribution is 6.17. The van der Waals surface area contributed by atoms with Crippen molar-refractivity contribution in [2.75, 3.05) is 12.5 Å². The van der Waals surface area contributed by atoms with Gasteiger partial charge in [0.05, 0.1) is 17.6 Å². The van der Waals surface area contributed by atoms with E-state index in [9.17, 15) is 0 Å². The van der Waals surface area contributed by atoms with Crippen LogP contribution in [0.15, 0.2) is 24.3 Å². The second-order valence-corrected chi connectivity index (χ2v) is 4.23. The van der Waals surface area contributed by atoms with Crippen LogP contribution < -0.4 is 4.74 Å². The average Bonchev–Trinajstić information content (AvgIpc) is 2.35. The Hall–Kier alpha value is -1.35. The van der Waals surface area contributed by atoms with Gasteiger partial charge < -0.3 is 4.74 Å². The van der Waals surface area contributed by atoms with Gasteiger partial charge in [-0.1, -0.05) is 12.1 Å². The van der Waals surface area contributed by atoms with E-state index in [0.29, 0.717) is 18.4 Å². The van der Waals surface area contributed by atoms with Crippen molar-refractivity contribution in [2.45, 2.75) is 19.8 Å². The fourth-order valence-corrected chi connectivity index (χ4v) is 1.76.